The van der Waals surface area contributed by atoms with Gasteiger partial charge in [-0.3, -0.25) is 4.79 Å². The average molecular weight is 406 g/mol. The zero-order chi connectivity index (χ0) is 21.1. The number of aliphatic carboxylic acids is 1. The molecule has 0 unspecified atom stereocenters. The van der Waals surface area contributed by atoms with Crippen LogP contribution in [0.1, 0.15) is 18.4 Å². The number of carbonyl (C=O) groups is 2. The number of carbonyl (C=O) groups excluding carboxylic acids is 2. The Bertz CT molecular complexity index is 1130. The normalized spacial score (nSPS) is 15.7. The van der Waals surface area contributed by atoms with Crippen LogP contribution >= 0.6 is 0 Å². The van der Waals surface area contributed by atoms with Crippen LogP contribution in [-0.4, -0.2) is 36.5 Å². The lowest BCUT2D eigenvalue weighted by molar-refractivity contribution is -0.315. The summed E-state index contributed by atoms with van der Waals surface area (Å²) in [6, 6.07) is 17.0. The molecule has 1 saturated heterocycles. The summed E-state index contributed by atoms with van der Waals surface area (Å²) in [5.41, 5.74) is -0.466. The molecule has 30 heavy (non-hydrogen) atoms. The number of carboxylic acid groups (broad SMARTS) is 1. The Labute approximate surface area is 172 Å². The number of fused-ring (bicyclic) bond motifs is 1. The van der Waals surface area contributed by atoms with E-state index in [-0.39, 0.29) is 25.4 Å². The number of hydrogen-bond acceptors (Lipinski definition) is 6. The Morgan fingerprint density at radius 1 is 1.03 bits per heavy atom. The number of piperidine rings is 1. The summed E-state index contributed by atoms with van der Waals surface area (Å²) < 4.78 is 10.7. The van der Waals surface area contributed by atoms with E-state index >= 15 is 0 Å². The molecule has 7 heteroatoms. The highest BCUT2D eigenvalue weighted by atomic mass is 16.5. The molecule has 0 atom stereocenters. The Morgan fingerprint density at radius 3 is 2.43 bits per heavy atom. The highest BCUT2D eigenvalue weighted by Gasteiger charge is 2.38. The Hall–Kier alpha value is -3.61. The monoisotopic (exact) mass is 406 g/mol. The van der Waals surface area contributed by atoms with Gasteiger partial charge >= 0.3 is 5.63 Å². The first-order valence-electron chi connectivity index (χ1n) is 9.69. The fourth-order valence-electron chi connectivity index (χ4n) is 3.87. The third-order valence-corrected chi connectivity index (χ3v) is 5.64. The van der Waals surface area contributed by atoms with Crippen molar-refractivity contribution in [3.8, 4) is 5.75 Å². The number of likely N-dealkylation sites (tertiary alicyclic amines) is 1. The third kappa shape index (κ3) is 3.78. The Kier molecular flexibility index (Phi) is 5.27. The van der Waals surface area contributed by atoms with Crippen molar-refractivity contribution < 1.29 is 23.8 Å². The Balaban J connectivity index is 1.40. The molecule has 2 aromatic carbocycles. The van der Waals surface area contributed by atoms with Gasteiger partial charge in [0.2, 0.25) is 0 Å². The minimum atomic E-state index is -1.12. The van der Waals surface area contributed by atoms with Gasteiger partial charge in [-0.2, -0.15) is 0 Å². The summed E-state index contributed by atoms with van der Waals surface area (Å²) in [6.45, 7) is 0.418. The summed E-state index contributed by atoms with van der Waals surface area (Å²) in [6.07, 6.45) is 0.568. The molecule has 7 nitrogen and oxygen atoms in total. The maximum Gasteiger partial charge on any atom is 0.336 e. The summed E-state index contributed by atoms with van der Waals surface area (Å²) in [4.78, 5) is 37.5. The van der Waals surface area contributed by atoms with Gasteiger partial charge in [-0.15, -0.1) is 0 Å². The lowest BCUT2D eigenvalue weighted by Crippen LogP contribution is -2.54. The summed E-state index contributed by atoms with van der Waals surface area (Å²) >= 11 is 0. The first-order chi connectivity index (χ1) is 14.5. The number of ether oxygens (including phenoxy) is 1. The predicted octanol–water partition coefficient (Wildman–Crippen LogP) is 1.48. The van der Waals surface area contributed by atoms with E-state index < -0.39 is 17.0 Å². The SMILES string of the molecule is O=C(COc1ccc2ccc(=O)oc2c1)N1CCC(C(=O)[O-])(c2ccccc2)CC1. The number of benzene rings is 2. The van der Waals surface area contributed by atoms with Gasteiger partial charge in [0.25, 0.3) is 5.91 Å². The fourth-order valence-corrected chi connectivity index (χ4v) is 3.87. The molecule has 1 fully saturated rings. The van der Waals surface area contributed by atoms with Gasteiger partial charge in [-0.05, 0) is 36.6 Å². The van der Waals surface area contributed by atoms with E-state index in [2.05, 4.69) is 0 Å². The zero-order valence-electron chi connectivity index (χ0n) is 16.2. The van der Waals surface area contributed by atoms with Crippen molar-refractivity contribution in [2.75, 3.05) is 19.7 Å². The molecule has 0 radical (unpaired) electrons. The molecular formula is C23H20NO6-. The van der Waals surface area contributed by atoms with Crippen LogP contribution in [0.5, 0.6) is 5.75 Å². The number of rotatable bonds is 5. The van der Waals surface area contributed by atoms with E-state index in [4.69, 9.17) is 9.15 Å². The predicted molar refractivity (Wildman–Crippen MR) is 107 cm³/mol. The molecule has 0 spiro atoms. The maximum atomic E-state index is 12.6. The van der Waals surface area contributed by atoms with Gasteiger partial charge in [0.15, 0.2) is 6.61 Å². The number of carboxylic acids is 1. The molecule has 1 aliphatic rings. The van der Waals surface area contributed by atoms with E-state index in [0.717, 1.165) is 5.39 Å². The van der Waals surface area contributed by atoms with E-state index in [1.807, 2.05) is 6.07 Å². The van der Waals surface area contributed by atoms with Crippen molar-refractivity contribution in [3.63, 3.8) is 0 Å². The lowest BCUT2D eigenvalue weighted by Gasteiger charge is -2.42. The van der Waals surface area contributed by atoms with Crippen LogP contribution in [0.4, 0.5) is 0 Å². The first kappa shape index (κ1) is 19.7. The molecule has 1 aliphatic heterocycles. The standard InChI is InChI=1S/C23H21NO6/c25-20(15-29-18-8-6-16-7-9-21(26)30-19(16)14-18)24-12-10-23(11-13-24,22(27)28)17-4-2-1-3-5-17/h1-9,14H,10-13,15H2,(H,27,28)/p-1. The molecule has 1 amide bonds. The second-order valence-corrected chi connectivity index (χ2v) is 7.36. The van der Waals surface area contributed by atoms with Gasteiger partial charge < -0.3 is 24.0 Å². The van der Waals surface area contributed by atoms with Crippen molar-refractivity contribution in [3.05, 3.63) is 76.6 Å². The molecule has 0 saturated carbocycles. The smallest absolute Gasteiger partial charge is 0.336 e. The zero-order valence-corrected chi connectivity index (χ0v) is 16.2. The maximum absolute atomic E-state index is 12.6. The molecule has 4 rings (SSSR count). The molecule has 154 valence electrons. The number of amides is 1. The van der Waals surface area contributed by atoms with Crippen LogP contribution in [0, 0.1) is 0 Å². The minimum absolute atomic E-state index is 0.188. The van der Waals surface area contributed by atoms with Crippen LogP contribution in [0.3, 0.4) is 0 Å². The molecule has 1 aromatic heterocycles. The number of nitrogens with zero attached hydrogens (tertiary/aromatic N) is 1. The lowest BCUT2D eigenvalue weighted by atomic mass is 9.73. The molecule has 3 aromatic rings. The van der Waals surface area contributed by atoms with Crippen LogP contribution < -0.4 is 15.5 Å². The van der Waals surface area contributed by atoms with Crippen LogP contribution in [0.15, 0.2) is 69.9 Å². The molecular weight excluding hydrogens is 386 g/mol. The first-order valence-corrected chi connectivity index (χ1v) is 9.69. The van der Waals surface area contributed by atoms with Crippen LogP contribution in [0.2, 0.25) is 0 Å². The molecule has 2 heterocycles. The van der Waals surface area contributed by atoms with Gasteiger partial charge in [0.05, 0.1) is 5.97 Å². The summed E-state index contributed by atoms with van der Waals surface area (Å²) in [5.74, 6) is -0.935. The van der Waals surface area contributed by atoms with Crippen molar-refractivity contribution in [2.45, 2.75) is 18.3 Å². The Morgan fingerprint density at radius 2 is 1.73 bits per heavy atom. The van der Waals surface area contributed by atoms with E-state index in [0.29, 0.717) is 30.0 Å². The minimum Gasteiger partial charge on any atom is -0.549 e. The van der Waals surface area contributed by atoms with Crippen molar-refractivity contribution in [1.29, 1.82) is 0 Å². The van der Waals surface area contributed by atoms with Gasteiger partial charge in [0, 0.05) is 36.0 Å². The fraction of sp³-hybridized carbons (Fsp3) is 0.261. The van der Waals surface area contributed by atoms with Crippen LogP contribution in [-0.2, 0) is 15.0 Å². The second-order valence-electron chi connectivity index (χ2n) is 7.36. The number of hydrogen-bond donors (Lipinski definition) is 0. The van der Waals surface area contributed by atoms with Gasteiger partial charge in [-0.1, -0.05) is 30.3 Å². The highest BCUT2D eigenvalue weighted by Crippen LogP contribution is 2.35. The van der Waals surface area contributed by atoms with Crippen LogP contribution in [0.25, 0.3) is 11.0 Å². The second kappa shape index (κ2) is 8.02. The third-order valence-electron chi connectivity index (χ3n) is 5.64. The van der Waals surface area contributed by atoms with Gasteiger partial charge in [-0.25, -0.2) is 4.79 Å². The van der Waals surface area contributed by atoms with Crippen molar-refractivity contribution >= 4 is 22.8 Å². The quantitative estimate of drug-likeness (QED) is 0.595. The summed E-state index contributed by atoms with van der Waals surface area (Å²) in [7, 11) is 0. The largest absolute Gasteiger partial charge is 0.549 e. The topological polar surface area (TPSA) is 99.9 Å². The molecule has 0 aliphatic carbocycles. The highest BCUT2D eigenvalue weighted by molar-refractivity contribution is 5.82. The van der Waals surface area contributed by atoms with E-state index in [9.17, 15) is 19.5 Å². The van der Waals surface area contributed by atoms with Crippen molar-refractivity contribution in [2.24, 2.45) is 0 Å². The van der Waals surface area contributed by atoms with Crippen molar-refractivity contribution in [1.82, 2.24) is 4.90 Å². The van der Waals surface area contributed by atoms with E-state index in [1.54, 1.807) is 53.4 Å². The van der Waals surface area contributed by atoms with Gasteiger partial charge in [0.1, 0.15) is 11.3 Å². The molecule has 0 bridgehead atoms. The molecule has 0 N–H and O–H groups in total. The van der Waals surface area contributed by atoms with E-state index in [1.165, 1.54) is 6.07 Å². The summed E-state index contributed by atoms with van der Waals surface area (Å²) in [5, 5.41) is 12.7. The average Bonchev–Trinajstić information content (AvgIpc) is 2.77.